The molecule has 19 heavy (non-hydrogen) atoms. The zero-order chi connectivity index (χ0) is 13.7. The Labute approximate surface area is 114 Å². The van der Waals surface area contributed by atoms with Crippen molar-refractivity contribution in [3.8, 4) is 0 Å². The van der Waals surface area contributed by atoms with Gasteiger partial charge in [-0.15, -0.1) is 0 Å². The number of nitrogens with one attached hydrogen (secondary N) is 1. The molecule has 0 atom stereocenters. The number of nitro groups is 1. The van der Waals surface area contributed by atoms with E-state index in [1.54, 1.807) is 12.1 Å². The van der Waals surface area contributed by atoms with Crippen LogP contribution in [0, 0.1) is 23.0 Å². The number of hydrogen-bond donors (Lipinski definition) is 1. The molecule has 0 heterocycles. The maximum Gasteiger partial charge on any atom is 0.272 e. The van der Waals surface area contributed by atoms with Crippen molar-refractivity contribution in [3.05, 3.63) is 39.4 Å². The Bertz CT molecular complexity index is 440. The molecule has 1 fully saturated rings. The number of hydrogen-bond acceptors (Lipinski definition) is 3. The molecule has 4 nitrogen and oxygen atoms in total. The van der Waals surface area contributed by atoms with Crippen molar-refractivity contribution < 1.29 is 4.92 Å². The summed E-state index contributed by atoms with van der Waals surface area (Å²) in [6.45, 7) is 3.59. The van der Waals surface area contributed by atoms with Gasteiger partial charge in [-0.05, 0) is 37.8 Å². The van der Waals surface area contributed by atoms with Crippen LogP contribution in [0.15, 0.2) is 18.2 Å². The minimum atomic E-state index is -0.306. The van der Waals surface area contributed by atoms with Gasteiger partial charge in [0.15, 0.2) is 0 Å². The van der Waals surface area contributed by atoms with E-state index in [0.717, 1.165) is 30.1 Å². The SMILES string of the molecule is Cc1c(CNCC2CCCCC2)cccc1[N+](=O)[O-]. The van der Waals surface area contributed by atoms with E-state index in [1.807, 2.05) is 13.0 Å². The molecule has 0 spiro atoms. The van der Waals surface area contributed by atoms with Crippen LogP contribution in [0.3, 0.4) is 0 Å². The van der Waals surface area contributed by atoms with Crippen LogP contribution in [-0.2, 0) is 6.54 Å². The fraction of sp³-hybridized carbons (Fsp3) is 0.600. The molecule has 1 aromatic carbocycles. The standard InChI is InChI=1S/C15H22N2O2/c1-12-14(8-5-9-15(12)17(18)19)11-16-10-13-6-3-2-4-7-13/h5,8-9,13,16H,2-4,6-7,10-11H2,1H3. The lowest BCUT2D eigenvalue weighted by Gasteiger charge is -2.22. The summed E-state index contributed by atoms with van der Waals surface area (Å²) in [5.41, 5.74) is 2.03. The molecule has 0 bridgehead atoms. The van der Waals surface area contributed by atoms with Crippen molar-refractivity contribution >= 4 is 5.69 Å². The summed E-state index contributed by atoms with van der Waals surface area (Å²) in [4.78, 5) is 10.6. The normalized spacial score (nSPS) is 16.5. The van der Waals surface area contributed by atoms with Gasteiger partial charge in [-0.2, -0.15) is 0 Å². The van der Waals surface area contributed by atoms with E-state index in [4.69, 9.17) is 0 Å². The summed E-state index contributed by atoms with van der Waals surface area (Å²) >= 11 is 0. The van der Waals surface area contributed by atoms with Crippen molar-refractivity contribution in [3.63, 3.8) is 0 Å². The second kappa shape index (κ2) is 6.66. The van der Waals surface area contributed by atoms with Gasteiger partial charge in [0, 0.05) is 18.2 Å². The van der Waals surface area contributed by atoms with Crippen LogP contribution in [0.25, 0.3) is 0 Å². The zero-order valence-electron chi connectivity index (χ0n) is 11.5. The van der Waals surface area contributed by atoms with Crippen LogP contribution < -0.4 is 5.32 Å². The van der Waals surface area contributed by atoms with Gasteiger partial charge >= 0.3 is 0 Å². The largest absolute Gasteiger partial charge is 0.312 e. The molecule has 0 radical (unpaired) electrons. The van der Waals surface area contributed by atoms with E-state index in [1.165, 1.54) is 32.1 Å². The fourth-order valence-corrected chi connectivity index (χ4v) is 2.86. The lowest BCUT2D eigenvalue weighted by molar-refractivity contribution is -0.385. The highest BCUT2D eigenvalue weighted by Crippen LogP contribution is 2.24. The maximum absolute atomic E-state index is 10.9. The quantitative estimate of drug-likeness (QED) is 0.652. The summed E-state index contributed by atoms with van der Waals surface area (Å²) in [6, 6.07) is 5.30. The van der Waals surface area contributed by atoms with E-state index in [-0.39, 0.29) is 10.6 Å². The molecule has 1 saturated carbocycles. The minimum Gasteiger partial charge on any atom is -0.312 e. The van der Waals surface area contributed by atoms with Crippen molar-refractivity contribution in [1.29, 1.82) is 0 Å². The van der Waals surface area contributed by atoms with Gasteiger partial charge in [0.25, 0.3) is 5.69 Å². The molecular formula is C15H22N2O2. The fourth-order valence-electron chi connectivity index (χ4n) is 2.86. The highest BCUT2D eigenvalue weighted by atomic mass is 16.6. The van der Waals surface area contributed by atoms with Crippen LogP contribution in [0.5, 0.6) is 0 Å². The average Bonchev–Trinajstić information content (AvgIpc) is 2.41. The van der Waals surface area contributed by atoms with Gasteiger partial charge in [-0.3, -0.25) is 10.1 Å². The molecule has 0 unspecified atom stereocenters. The Hall–Kier alpha value is -1.42. The van der Waals surface area contributed by atoms with Crippen molar-refractivity contribution in [1.82, 2.24) is 5.32 Å². The number of nitro benzene ring substituents is 1. The smallest absolute Gasteiger partial charge is 0.272 e. The van der Waals surface area contributed by atoms with Gasteiger partial charge in [-0.25, -0.2) is 0 Å². The first-order valence-electron chi connectivity index (χ1n) is 7.12. The Balaban J connectivity index is 1.88. The Morgan fingerprint density at radius 3 is 2.74 bits per heavy atom. The molecule has 0 saturated heterocycles. The van der Waals surface area contributed by atoms with Crippen LogP contribution in [-0.4, -0.2) is 11.5 Å². The first-order chi connectivity index (χ1) is 9.18. The van der Waals surface area contributed by atoms with E-state index in [9.17, 15) is 10.1 Å². The molecule has 0 amide bonds. The minimum absolute atomic E-state index is 0.219. The molecule has 1 N–H and O–H groups in total. The molecule has 0 aliphatic heterocycles. The third-order valence-electron chi connectivity index (χ3n) is 4.09. The Morgan fingerprint density at radius 1 is 1.32 bits per heavy atom. The molecule has 1 aromatic rings. The summed E-state index contributed by atoms with van der Waals surface area (Å²) in [6.07, 6.45) is 6.71. The molecular weight excluding hydrogens is 240 g/mol. The number of rotatable bonds is 5. The molecule has 1 aliphatic carbocycles. The van der Waals surface area contributed by atoms with Gasteiger partial charge in [0.05, 0.1) is 4.92 Å². The molecule has 1 aliphatic rings. The monoisotopic (exact) mass is 262 g/mol. The number of benzene rings is 1. The van der Waals surface area contributed by atoms with Crippen molar-refractivity contribution in [2.75, 3.05) is 6.54 Å². The second-order valence-electron chi connectivity index (χ2n) is 5.45. The average molecular weight is 262 g/mol. The molecule has 2 rings (SSSR count). The summed E-state index contributed by atoms with van der Waals surface area (Å²) in [7, 11) is 0. The number of nitrogens with zero attached hydrogens (tertiary/aromatic N) is 1. The summed E-state index contributed by atoms with van der Waals surface area (Å²) in [5, 5.41) is 14.3. The van der Waals surface area contributed by atoms with Crippen LogP contribution in [0.2, 0.25) is 0 Å². The van der Waals surface area contributed by atoms with Crippen LogP contribution in [0.4, 0.5) is 5.69 Å². The maximum atomic E-state index is 10.9. The van der Waals surface area contributed by atoms with Crippen LogP contribution >= 0.6 is 0 Å². The van der Waals surface area contributed by atoms with Crippen molar-refractivity contribution in [2.24, 2.45) is 5.92 Å². The van der Waals surface area contributed by atoms with E-state index >= 15 is 0 Å². The van der Waals surface area contributed by atoms with Crippen LogP contribution in [0.1, 0.15) is 43.2 Å². The van der Waals surface area contributed by atoms with Gasteiger partial charge in [-0.1, -0.05) is 31.4 Å². The summed E-state index contributed by atoms with van der Waals surface area (Å²) in [5.74, 6) is 0.785. The lowest BCUT2D eigenvalue weighted by atomic mass is 9.89. The lowest BCUT2D eigenvalue weighted by Crippen LogP contribution is -2.24. The van der Waals surface area contributed by atoms with Gasteiger partial charge in [0.2, 0.25) is 0 Å². The van der Waals surface area contributed by atoms with Gasteiger partial charge in [0.1, 0.15) is 0 Å². The van der Waals surface area contributed by atoms with Gasteiger partial charge < -0.3 is 5.32 Å². The van der Waals surface area contributed by atoms with E-state index in [2.05, 4.69) is 5.32 Å². The molecule has 4 heteroatoms. The predicted octanol–water partition coefficient (Wildman–Crippen LogP) is 3.57. The summed E-state index contributed by atoms with van der Waals surface area (Å²) < 4.78 is 0. The Kier molecular flexibility index (Phi) is 4.91. The Morgan fingerprint density at radius 2 is 2.05 bits per heavy atom. The molecule has 104 valence electrons. The third kappa shape index (κ3) is 3.77. The van der Waals surface area contributed by atoms with E-state index in [0.29, 0.717) is 0 Å². The topological polar surface area (TPSA) is 55.2 Å². The highest BCUT2D eigenvalue weighted by Gasteiger charge is 2.15. The zero-order valence-corrected chi connectivity index (χ0v) is 11.5. The molecule has 0 aromatic heterocycles. The second-order valence-corrected chi connectivity index (χ2v) is 5.45. The first kappa shape index (κ1) is 14.0. The highest BCUT2D eigenvalue weighted by molar-refractivity contribution is 5.44. The van der Waals surface area contributed by atoms with Crippen molar-refractivity contribution in [2.45, 2.75) is 45.6 Å². The predicted molar refractivity (Wildman–Crippen MR) is 76.1 cm³/mol. The third-order valence-corrected chi connectivity index (χ3v) is 4.09. The van der Waals surface area contributed by atoms with E-state index < -0.39 is 0 Å². The first-order valence-corrected chi connectivity index (χ1v) is 7.12.